The molecule has 4 rings (SSSR count). The number of carbonyl (C=O) groups excluding carboxylic acids is 1. The third kappa shape index (κ3) is 3.57. The number of benzene rings is 2. The number of phenols is 1. The molecule has 0 radical (unpaired) electrons. The second kappa shape index (κ2) is 7.91. The van der Waals surface area contributed by atoms with Crippen molar-refractivity contribution in [2.24, 2.45) is 0 Å². The molecule has 2 heterocycles. The van der Waals surface area contributed by atoms with Crippen LogP contribution in [0.2, 0.25) is 0 Å². The van der Waals surface area contributed by atoms with Crippen molar-refractivity contribution >= 4 is 16.9 Å². The lowest BCUT2D eigenvalue weighted by Gasteiger charge is -2.25. The maximum atomic E-state index is 13.8. The van der Waals surface area contributed by atoms with E-state index in [2.05, 4.69) is 0 Å². The number of rotatable bonds is 6. The first-order valence-electron chi connectivity index (χ1n) is 9.84. The molecule has 2 aromatic carbocycles. The van der Waals surface area contributed by atoms with E-state index >= 15 is 0 Å². The molecule has 156 valence electrons. The molecule has 1 aliphatic rings. The molecule has 0 aliphatic carbocycles. The van der Waals surface area contributed by atoms with Crippen molar-refractivity contribution in [1.82, 2.24) is 4.90 Å². The Morgan fingerprint density at radius 1 is 1.17 bits per heavy atom. The standard InChI is InChI=1S/C23H22FNO5/c1-13(2)29-11-3-10-25-20(14-4-7-16(26)8-5-14)19-21(27)17-12-15(24)6-9-18(17)30-22(19)23(25)28/h4-9,12-13,20,26H,3,10-11H2,1-2H3. The number of halogens is 1. The smallest absolute Gasteiger partial charge is 0.290 e. The Balaban J connectivity index is 1.81. The van der Waals surface area contributed by atoms with Crippen LogP contribution >= 0.6 is 0 Å². The van der Waals surface area contributed by atoms with Crippen LogP contribution in [0.3, 0.4) is 0 Å². The number of fused-ring (bicyclic) bond motifs is 2. The van der Waals surface area contributed by atoms with Crippen LogP contribution in [-0.2, 0) is 4.74 Å². The van der Waals surface area contributed by atoms with Gasteiger partial charge in [0.15, 0.2) is 5.43 Å². The van der Waals surface area contributed by atoms with Crippen molar-refractivity contribution in [1.29, 1.82) is 0 Å². The van der Waals surface area contributed by atoms with Crippen LogP contribution in [0, 0.1) is 5.82 Å². The highest BCUT2D eigenvalue weighted by atomic mass is 19.1. The fraction of sp³-hybridized carbons (Fsp3) is 0.304. The molecule has 0 saturated heterocycles. The van der Waals surface area contributed by atoms with Gasteiger partial charge in [-0.05, 0) is 56.2 Å². The highest BCUT2D eigenvalue weighted by Crippen LogP contribution is 2.38. The zero-order valence-corrected chi connectivity index (χ0v) is 16.7. The summed E-state index contributed by atoms with van der Waals surface area (Å²) < 4.78 is 25.1. The number of ether oxygens (including phenoxy) is 1. The van der Waals surface area contributed by atoms with Crippen molar-refractivity contribution in [3.8, 4) is 5.75 Å². The van der Waals surface area contributed by atoms with Crippen LogP contribution in [0.25, 0.3) is 11.0 Å². The first-order chi connectivity index (χ1) is 14.4. The summed E-state index contributed by atoms with van der Waals surface area (Å²) >= 11 is 0. The molecule has 1 aromatic heterocycles. The minimum atomic E-state index is -0.684. The summed E-state index contributed by atoms with van der Waals surface area (Å²) in [5, 5.41) is 9.74. The molecule has 1 aliphatic heterocycles. The zero-order valence-electron chi connectivity index (χ0n) is 16.7. The third-order valence-electron chi connectivity index (χ3n) is 5.13. The van der Waals surface area contributed by atoms with Gasteiger partial charge in [-0.1, -0.05) is 12.1 Å². The molecular weight excluding hydrogens is 389 g/mol. The van der Waals surface area contributed by atoms with Gasteiger partial charge in [0, 0.05) is 13.2 Å². The third-order valence-corrected chi connectivity index (χ3v) is 5.13. The molecule has 1 amide bonds. The van der Waals surface area contributed by atoms with Gasteiger partial charge in [-0.25, -0.2) is 4.39 Å². The lowest BCUT2D eigenvalue weighted by Crippen LogP contribution is -2.31. The van der Waals surface area contributed by atoms with E-state index in [1.54, 1.807) is 17.0 Å². The number of hydrogen-bond acceptors (Lipinski definition) is 5. The molecule has 1 unspecified atom stereocenters. The van der Waals surface area contributed by atoms with Crippen LogP contribution in [0.4, 0.5) is 4.39 Å². The van der Waals surface area contributed by atoms with Crippen molar-refractivity contribution < 1.29 is 23.4 Å². The van der Waals surface area contributed by atoms with E-state index < -0.39 is 23.2 Å². The van der Waals surface area contributed by atoms with Crippen molar-refractivity contribution in [3.63, 3.8) is 0 Å². The molecule has 0 spiro atoms. The maximum absolute atomic E-state index is 13.8. The lowest BCUT2D eigenvalue weighted by molar-refractivity contribution is 0.0593. The van der Waals surface area contributed by atoms with Gasteiger partial charge in [-0.3, -0.25) is 9.59 Å². The number of hydrogen-bond donors (Lipinski definition) is 1. The zero-order chi connectivity index (χ0) is 21.4. The second-order valence-electron chi connectivity index (χ2n) is 7.58. The van der Waals surface area contributed by atoms with Crippen LogP contribution in [0.1, 0.15) is 48.0 Å². The van der Waals surface area contributed by atoms with E-state index in [-0.39, 0.29) is 34.1 Å². The SMILES string of the molecule is CC(C)OCCCN1C(=O)c2oc3ccc(F)cc3c(=O)c2C1c1ccc(O)cc1. The average molecular weight is 411 g/mol. The van der Waals surface area contributed by atoms with Gasteiger partial charge in [-0.15, -0.1) is 0 Å². The average Bonchev–Trinajstić information content (AvgIpc) is 2.99. The Bertz CT molecular complexity index is 1150. The molecule has 7 heteroatoms. The van der Waals surface area contributed by atoms with Crippen LogP contribution in [0.5, 0.6) is 5.75 Å². The fourth-order valence-electron chi connectivity index (χ4n) is 3.78. The summed E-state index contributed by atoms with van der Waals surface area (Å²) in [4.78, 5) is 28.0. The summed E-state index contributed by atoms with van der Waals surface area (Å²) in [5.41, 5.74) is 0.586. The lowest BCUT2D eigenvalue weighted by atomic mass is 9.98. The molecule has 3 aromatic rings. The molecular formula is C23H22FNO5. The summed E-state index contributed by atoms with van der Waals surface area (Å²) in [5.74, 6) is -0.895. The molecule has 1 N–H and O–H groups in total. The first-order valence-corrected chi connectivity index (χ1v) is 9.84. The fourth-order valence-corrected chi connectivity index (χ4v) is 3.78. The number of carbonyl (C=O) groups is 1. The summed E-state index contributed by atoms with van der Waals surface area (Å²) in [7, 11) is 0. The van der Waals surface area contributed by atoms with Gasteiger partial charge >= 0.3 is 0 Å². The summed E-state index contributed by atoms with van der Waals surface area (Å²) in [6, 6.07) is 9.31. The molecule has 0 fully saturated rings. The van der Waals surface area contributed by atoms with E-state index in [0.717, 1.165) is 6.07 Å². The van der Waals surface area contributed by atoms with Gasteiger partial charge < -0.3 is 19.2 Å². The number of amides is 1. The molecule has 0 saturated carbocycles. The van der Waals surface area contributed by atoms with Gasteiger partial charge in [0.2, 0.25) is 5.76 Å². The molecule has 1 atom stereocenters. The van der Waals surface area contributed by atoms with E-state index in [4.69, 9.17) is 9.15 Å². The van der Waals surface area contributed by atoms with Crippen LogP contribution in [-0.4, -0.2) is 35.2 Å². The monoisotopic (exact) mass is 411 g/mol. The van der Waals surface area contributed by atoms with Gasteiger partial charge in [-0.2, -0.15) is 0 Å². The van der Waals surface area contributed by atoms with E-state index in [1.165, 1.54) is 24.3 Å². The minimum Gasteiger partial charge on any atom is -0.508 e. The predicted molar refractivity (Wildman–Crippen MR) is 109 cm³/mol. The van der Waals surface area contributed by atoms with Gasteiger partial charge in [0.25, 0.3) is 5.91 Å². The van der Waals surface area contributed by atoms with E-state index in [1.807, 2.05) is 13.8 Å². The van der Waals surface area contributed by atoms with Crippen LogP contribution < -0.4 is 5.43 Å². The number of nitrogens with zero attached hydrogens (tertiary/aromatic N) is 1. The molecule has 6 nitrogen and oxygen atoms in total. The quantitative estimate of drug-likeness (QED) is 0.620. The Morgan fingerprint density at radius 3 is 2.60 bits per heavy atom. The normalized spacial score (nSPS) is 15.9. The summed E-state index contributed by atoms with van der Waals surface area (Å²) in [6.07, 6.45) is 0.655. The largest absolute Gasteiger partial charge is 0.508 e. The highest BCUT2D eigenvalue weighted by Gasteiger charge is 2.42. The highest BCUT2D eigenvalue weighted by molar-refractivity contribution is 5.99. The maximum Gasteiger partial charge on any atom is 0.290 e. The first kappa shape index (κ1) is 20.1. The topological polar surface area (TPSA) is 80.0 Å². The minimum absolute atomic E-state index is 0.0260. The van der Waals surface area contributed by atoms with E-state index in [0.29, 0.717) is 25.1 Å². The van der Waals surface area contributed by atoms with Crippen molar-refractivity contribution in [2.75, 3.05) is 13.2 Å². The van der Waals surface area contributed by atoms with Crippen molar-refractivity contribution in [2.45, 2.75) is 32.4 Å². The predicted octanol–water partition coefficient (Wildman–Crippen LogP) is 4.00. The van der Waals surface area contributed by atoms with Gasteiger partial charge in [0.1, 0.15) is 17.1 Å². The molecule has 30 heavy (non-hydrogen) atoms. The Hall–Kier alpha value is -3.19. The van der Waals surface area contributed by atoms with Crippen molar-refractivity contribution in [3.05, 3.63) is 75.4 Å². The number of phenolic OH excluding ortho intramolecular Hbond substituents is 1. The Morgan fingerprint density at radius 2 is 1.90 bits per heavy atom. The van der Waals surface area contributed by atoms with Crippen LogP contribution in [0.15, 0.2) is 51.7 Å². The van der Waals surface area contributed by atoms with E-state index in [9.17, 15) is 19.1 Å². The Kier molecular flexibility index (Phi) is 5.30. The Labute approximate surface area is 172 Å². The number of aromatic hydroxyl groups is 1. The summed E-state index contributed by atoms with van der Waals surface area (Å²) in [6.45, 7) is 4.69. The molecule has 0 bridgehead atoms. The second-order valence-corrected chi connectivity index (χ2v) is 7.58. The van der Waals surface area contributed by atoms with Gasteiger partial charge in [0.05, 0.1) is 23.1 Å².